The van der Waals surface area contributed by atoms with Crippen LogP contribution in [-0.2, 0) is 13.6 Å². The van der Waals surface area contributed by atoms with Gasteiger partial charge in [0.15, 0.2) is 0 Å². The Morgan fingerprint density at radius 3 is 2.71 bits per heavy atom. The summed E-state index contributed by atoms with van der Waals surface area (Å²) < 4.78 is 26.4. The second-order valence-electron chi connectivity index (χ2n) is 4.96. The van der Waals surface area contributed by atoms with Gasteiger partial charge in [0.2, 0.25) is 0 Å². The number of hydrogen-bond acceptors (Lipinski definition) is 3. The Hall–Kier alpha value is -0.531. The normalized spacial score (nSPS) is 22.2. The van der Waals surface area contributed by atoms with E-state index in [4.69, 9.17) is 9.05 Å². The molecular weight excluding hydrogens is 350 g/mol. The molecule has 0 saturated carbocycles. The van der Waals surface area contributed by atoms with Crippen LogP contribution in [0.3, 0.4) is 0 Å². The Morgan fingerprint density at radius 2 is 2.05 bits per heavy atom. The summed E-state index contributed by atoms with van der Waals surface area (Å²) in [4.78, 5) is 0. The molecule has 0 N–H and O–H groups in total. The first-order chi connectivity index (χ1) is 10.2. The van der Waals surface area contributed by atoms with E-state index >= 15 is 0 Å². The summed E-state index contributed by atoms with van der Waals surface area (Å²) in [7, 11) is -2.90. The molecule has 21 heavy (non-hydrogen) atoms. The van der Waals surface area contributed by atoms with Crippen molar-refractivity contribution >= 4 is 27.0 Å². The van der Waals surface area contributed by atoms with Crippen molar-refractivity contribution in [1.82, 2.24) is 0 Å². The zero-order valence-electron chi connectivity index (χ0n) is 12.7. The Bertz CT molecular complexity index is 528. The van der Waals surface area contributed by atoms with Crippen LogP contribution in [-0.4, -0.2) is 27.7 Å². The van der Waals surface area contributed by atoms with Gasteiger partial charge >= 0.3 is 133 Å². The number of unbranched alkanes of at least 4 members (excludes halogenated alkanes) is 1. The van der Waals surface area contributed by atoms with Gasteiger partial charge in [0, 0.05) is 0 Å². The van der Waals surface area contributed by atoms with E-state index in [-0.39, 0.29) is 15.0 Å². The van der Waals surface area contributed by atoms with Crippen LogP contribution in [0.2, 0.25) is 0 Å². The van der Waals surface area contributed by atoms with Crippen LogP contribution < -0.4 is 4.46 Å². The first-order valence-electron chi connectivity index (χ1n) is 7.55. The summed E-state index contributed by atoms with van der Waals surface area (Å²) in [5.74, 6) is 0.934. The fourth-order valence-electron chi connectivity index (χ4n) is 2.19. The molecule has 1 aromatic rings. The predicted molar refractivity (Wildman–Crippen MR) is 88.2 cm³/mol. The van der Waals surface area contributed by atoms with Gasteiger partial charge < -0.3 is 0 Å². The molecule has 0 aromatic heterocycles. The van der Waals surface area contributed by atoms with Crippen molar-refractivity contribution in [2.75, 3.05) is 12.8 Å². The van der Waals surface area contributed by atoms with Crippen molar-refractivity contribution < 1.29 is 13.6 Å². The van der Waals surface area contributed by atoms with Crippen LogP contribution in [0, 0.1) is 0 Å². The molecule has 2 rings (SSSR count). The fraction of sp³-hybridized carbons (Fsp3) is 0.500. The zero-order valence-corrected chi connectivity index (χ0v) is 15.3. The third-order valence-corrected chi connectivity index (χ3v) is 7.65. The molecule has 0 fully saturated rings. The Labute approximate surface area is 133 Å². The zero-order chi connectivity index (χ0) is 15.1. The molecule has 1 aliphatic heterocycles. The number of allylic oxidation sites excluding steroid dienone is 2. The molecule has 1 unspecified atom stereocenters. The molecule has 5 heteroatoms. The molecule has 1 atom stereocenters. The molecule has 0 aliphatic carbocycles. The van der Waals surface area contributed by atoms with Gasteiger partial charge in [0.05, 0.1) is 0 Å². The summed E-state index contributed by atoms with van der Waals surface area (Å²) in [6.45, 7) is 4.47. The van der Waals surface area contributed by atoms with Crippen LogP contribution in [0.5, 0.6) is 0 Å². The van der Waals surface area contributed by atoms with Gasteiger partial charge in [-0.05, 0) is 0 Å². The van der Waals surface area contributed by atoms with Crippen LogP contribution >= 0.6 is 7.60 Å². The number of benzene rings is 1. The minimum atomic E-state index is -2.90. The summed E-state index contributed by atoms with van der Waals surface area (Å²) in [5, 5.41) is 0. The fourth-order valence-corrected chi connectivity index (χ4v) is 6.55. The van der Waals surface area contributed by atoms with E-state index < -0.39 is 7.60 Å². The maximum atomic E-state index is 12.5. The molecule has 116 valence electrons. The van der Waals surface area contributed by atoms with E-state index in [9.17, 15) is 4.57 Å². The minimum absolute atomic E-state index is 0.252. The van der Waals surface area contributed by atoms with E-state index in [0.29, 0.717) is 12.8 Å². The van der Waals surface area contributed by atoms with Crippen LogP contribution in [0.15, 0.2) is 40.6 Å². The molecule has 0 bridgehead atoms. The number of hydrogen-bond donors (Lipinski definition) is 0. The van der Waals surface area contributed by atoms with Crippen molar-refractivity contribution in [3.8, 4) is 0 Å². The molecular formula is C16H23O3PSe. The standard InChI is InChI=1S/C16H23O3PSe/c1-3-5-11-15-16(21-14-9-7-6-8-10-14)12-13-20(17,19-15)18-4-2/h6-10H,3-5,11-13H2,1-2H3. The van der Waals surface area contributed by atoms with Crippen molar-refractivity contribution in [2.24, 2.45) is 0 Å². The van der Waals surface area contributed by atoms with E-state index in [2.05, 4.69) is 31.2 Å². The molecule has 0 amide bonds. The average Bonchev–Trinajstić information content (AvgIpc) is 2.49. The van der Waals surface area contributed by atoms with Gasteiger partial charge in [-0.25, -0.2) is 0 Å². The van der Waals surface area contributed by atoms with Gasteiger partial charge in [-0.15, -0.1) is 0 Å². The molecule has 1 aromatic carbocycles. The third kappa shape index (κ3) is 5.00. The summed E-state index contributed by atoms with van der Waals surface area (Å²) in [6.07, 6.45) is 4.40. The summed E-state index contributed by atoms with van der Waals surface area (Å²) in [6, 6.07) is 10.5. The molecule has 0 radical (unpaired) electrons. The quantitative estimate of drug-likeness (QED) is 0.534. The monoisotopic (exact) mass is 374 g/mol. The maximum absolute atomic E-state index is 12.5. The number of rotatable bonds is 7. The van der Waals surface area contributed by atoms with Crippen LogP contribution in [0.25, 0.3) is 0 Å². The van der Waals surface area contributed by atoms with E-state index in [1.807, 2.05) is 13.0 Å². The van der Waals surface area contributed by atoms with E-state index in [0.717, 1.165) is 31.4 Å². The molecule has 1 aliphatic rings. The molecule has 0 spiro atoms. The second kappa shape index (κ2) is 8.19. The van der Waals surface area contributed by atoms with Crippen LogP contribution in [0.1, 0.15) is 39.5 Å². The average molecular weight is 373 g/mol. The van der Waals surface area contributed by atoms with E-state index in [1.165, 1.54) is 8.93 Å². The van der Waals surface area contributed by atoms with Gasteiger partial charge in [-0.1, -0.05) is 0 Å². The van der Waals surface area contributed by atoms with Gasteiger partial charge in [-0.2, -0.15) is 0 Å². The first kappa shape index (κ1) is 16.8. The Morgan fingerprint density at radius 1 is 1.29 bits per heavy atom. The summed E-state index contributed by atoms with van der Waals surface area (Å²) in [5.41, 5.74) is 0. The second-order valence-corrected chi connectivity index (χ2v) is 9.52. The van der Waals surface area contributed by atoms with Crippen molar-refractivity contribution in [3.05, 3.63) is 40.6 Å². The molecule has 3 nitrogen and oxygen atoms in total. The molecule has 1 heterocycles. The van der Waals surface area contributed by atoms with Crippen molar-refractivity contribution in [3.63, 3.8) is 0 Å². The van der Waals surface area contributed by atoms with Gasteiger partial charge in [-0.3, -0.25) is 0 Å². The van der Waals surface area contributed by atoms with E-state index in [1.54, 1.807) is 0 Å². The third-order valence-electron chi connectivity index (χ3n) is 3.24. The van der Waals surface area contributed by atoms with Crippen molar-refractivity contribution in [1.29, 1.82) is 0 Å². The summed E-state index contributed by atoms with van der Waals surface area (Å²) >= 11 is 0.252. The van der Waals surface area contributed by atoms with Crippen LogP contribution in [0.4, 0.5) is 0 Å². The Kier molecular flexibility index (Phi) is 6.57. The van der Waals surface area contributed by atoms with Crippen molar-refractivity contribution in [2.45, 2.75) is 39.5 Å². The predicted octanol–water partition coefficient (Wildman–Crippen LogP) is 4.07. The SMILES string of the molecule is CCCCC1=C([Se]c2ccccc2)CCP(=O)(OCC)O1. The first-order valence-corrected chi connectivity index (χ1v) is 11.0. The topological polar surface area (TPSA) is 35.5 Å². The molecule has 0 saturated heterocycles. The Balaban J connectivity index is 2.17. The van der Waals surface area contributed by atoms with Gasteiger partial charge in [0.25, 0.3) is 0 Å². The van der Waals surface area contributed by atoms with Gasteiger partial charge in [0.1, 0.15) is 0 Å².